The van der Waals surface area contributed by atoms with Crippen molar-refractivity contribution in [2.45, 2.75) is 32.2 Å². The number of benzene rings is 2. The first-order valence-electron chi connectivity index (χ1n) is 13.0. The molecule has 2 aromatic carbocycles. The molecule has 4 aromatic heterocycles. The van der Waals surface area contributed by atoms with E-state index in [1.54, 1.807) is 12.5 Å². The predicted molar refractivity (Wildman–Crippen MR) is 146 cm³/mol. The number of aromatic nitrogens is 5. The third-order valence-corrected chi connectivity index (χ3v) is 7.50. The first-order chi connectivity index (χ1) is 18.3. The number of pyridine rings is 1. The molecular formula is C30H28N6O. The Kier molecular flexibility index (Phi) is 5.55. The van der Waals surface area contributed by atoms with Crippen LogP contribution in [0.1, 0.15) is 31.2 Å². The molecule has 0 amide bonds. The van der Waals surface area contributed by atoms with Crippen LogP contribution in [0.4, 0.5) is 0 Å². The fourth-order valence-electron chi connectivity index (χ4n) is 5.55. The molecule has 0 spiro atoms. The SMILES string of the molecule is c1cc(-c2ccoc2)c2nc(-c3n[nH]c4ccc(-c5cncc(CNCC6CCCC6)c5)cc34)[nH]c2c1. The zero-order valence-corrected chi connectivity index (χ0v) is 20.5. The van der Waals surface area contributed by atoms with Crippen LogP contribution in [-0.2, 0) is 6.54 Å². The van der Waals surface area contributed by atoms with E-state index in [2.05, 4.69) is 55.8 Å². The second kappa shape index (κ2) is 9.33. The van der Waals surface area contributed by atoms with Crippen molar-refractivity contribution in [1.29, 1.82) is 0 Å². The number of H-pyrrole nitrogens is 2. The largest absolute Gasteiger partial charge is 0.472 e. The molecule has 6 aromatic rings. The van der Waals surface area contributed by atoms with Crippen LogP contribution in [0.3, 0.4) is 0 Å². The monoisotopic (exact) mass is 488 g/mol. The molecule has 7 heteroatoms. The third kappa shape index (κ3) is 4.21. The highest BCUT2D eigenvalue weighted by molar-refractivity contribution is 5.98. The van der Waals surface area contributed by atoms with Gasteiger partial charge >= 0.3 is 0 Å². The fourth-order valence-corrected chi connectivity index (χ4v) is 5.55. The first-order valence-corrected chi connectivity index (χ1v) is 13.0. The molecule has 1 fully saturated rings. The summed E-state index contributed by atoms with van der Waals surface area (Å²) in [5.41, 5.74) is 9.06. The molecule has 184 valence electrons. The zero-order valence-electron chi connectivity index (χ0n) is 20.5. The van der Waals surface area contributed by atoms with Crippen LogP contribution in [0.2, 0.25) is 0 Å². The predicted octanol–water partition coefficient (Wildman–Crippen LogP) is 6.71. The average Bonchev–Trinajstić information content (AvgIpc) is 3.74. The van der Waals surface area contributed by atoms with Gasteiger partial charge in [-0.25, -0.2) is 4.98 Å². The Balaban J connectivity index is 1.20. The minimum absolute atomic E-state index is 0.734. The number of para-hydroxylation sites is 1. The van der Waals surface area contributed by atoms with Gasteiger partial charge in [0, 0.05) is 41.0 Å². The summed E-state index contributed by atoms with van der Waals surface area (Å²) in [6, 6.07) is 16.7. The normalized spacial score (nSPS) is 14.3. The van der Waals surface area contributed by atoms with Crippen molar-refractivity contribution in [3.8, 4) is 33.8 Å². The van der Waals surface area contributed by atoms with Crippen molar-refractivity contribution in [3.05, 3.63) is 79.0 Å². The molecule has 37 heavy (non-hydrogen) atoms. The van der Waals surface area contributed by atoms with E-state index in [4.69, 9.17) is 9.40 Å². The van der Waals surface area contributed by atoms with Crippen molar-refractivity contribution in [2.24, 2.45) is 5.92 Å². The van der Waals surface area contributed by atoms with E-state index in [9.17, 15) is 0 Å². The summed E-state index contributed by atoms with van der Waals surface area (Å²) >= 11 is 0. The second-order valence-electron chi connectivity index (χ2n) is 10.00. The van der Waals surface area contributed by atoms with Crippen molar-refractivity contribution < 1.29 is 4.42 Å². The zero-order chi connectivity index (χ0) is 24.6. The maximum absolute atomic E-state index is 5.30. The molecule has 0 unspecified atom stereocenters. The van der Waals surface area contributed by atoms with Gasteiger partial charge in [0.25, 0.3) is 0 Å². The second-order valence-corrected chi connectivity index (χ2v) is 10.00. The van der Waals surface area contributed by atoms with Crippen LogP contribution in [0.5, 0.6) is 0 Å². The molecule has 4 heterocycles. The number of rotatable bonds is 7. The fraction of sp³-hybridized carbons (Fsp3) is 0.233. The Morgan fingerprint density at radius 1 is 0.946 bits per heavy atom. The summed E-state index contributed by atoms with van der Waals surface area (Å²) in [6.45, 7) is 1.93. The van der Waals surface area contributed by atoms with Crippen LogP contribution < -0.4 is 5.32 Å². The molecular weight excluding hydrogens is 460 g/mol. The maximum Gasteiger partial charge on any atom is 0.159 e. The number of hydrogen-bond acceptors (Lipinski definition) is 5. The number of fused-ring (bicyclic) bond motifs is 2. The topological polar surface area (TPSA) is 95.4 Å². The van der Waals surface area contributed by atoms with E-state index in [0.29, 0.717) is 0 Å². The molecule has 0 atom stereocenters. The number of furan rings is 1. The van der Waals surface area contributed by atoms with Gasteiger partial charge in [-0.05, 0) is 66.8 Å². The van der Waals surface area contributed by atoms with Gasteiger partial charge in [0.15, 0.2) is 5.82 Å². The van der Waals surface area contributed by atoms with Crippen LogP contribution in [-0.4, -0.2) is 31.7 Å². The molecule has 7 nitrogen and oxygen atoms in total. The Morgan fingerprint density at radius 2 is 1.89 bits per heavy atom. The van der Waals surface area contributed by atoms with Crippen molar-refractivity contribution in [3.63, 3.8) is 0 Å². The Morgan fingerprint density at radius 3 is 2.78 bits per heavy atom. The van der Waals surface area contributed by atoms with Crippen molar-refractivity contribution >= 4 is 21.9 Å². The smallest absolute Gasteiger partial charge is 0.159 e. The summed E-state index contributed by atoms with van der Waals surface area (Å²) < 4.78 is 5.30. The van der Waals surface area contributed by atoms with E-state index in [0.717, 1.165) is 74.7 Å². The van der Waals surface area contributed by atoms with E-state index in [1.165, 1.54) is 31.2 Å². The summed E-state index contributed by atoms with van der Waals surface area (Å²) in [5.74, 6) is 1.56. The van der Waals surface area contributed by atoms with Crippen molar-refractivity contribution in [2.75, 3.05) is 6.54 Å². The van der Waals surface area contributed by atoms with Gasteiger partial charge in [-0.15, -0.1) is 0 Å². The molecule has 1 saturated carbocycles. The van der Waals surface area contributed by atoms with Gasteiger partial charge in [-0.2, -0.15) is 5.10 Å². The van der Waals surface area contributed by atoms with Gasteiger partial charge in [0.05, 0.1) is 29.1 Å². The van der Waals surface area contributed by atoms with Crippen LogP contribution in [0, 0.1) is 5.92 Å². The van der Waals surface area contributed by atoms with E-state index < -0.39 is 0 Å². The molecule has 1 aliphatic rings. The van der Waals surface area contributed by atoms with Gasteiger partial charge in [-0.3, -0.25) is 10.1 Å². The Labute approximate surface area is 214 Å². The molecule has 7 rings (SSSR count). The lowest BCUT2D eigenvalue weighted by Crippen LogP contribution is -2.20. The first kappa shape index (κ1) is 22.0. The van der Waals surface area contributed by atoms with Crippen LogP contribution in [0.15, 0.2) is 77.9 Å². The van der Waals surface area contributed by atoms with Crippen molar-refractivity contribution in [1.82, 2.24) is 30.5 Å². The molecule has 0 aliphatic heterocycles. The lowest BCUT2D eigenvalue weighted by molar-refractivity contribution is 0.489. The lowest BCUT2D eigenvalue weighted by atomic mass is 10.0. The minimum Gasteiger partial charge on any atom is -0.472 e. The Bertz CT molecular complexity index is 1670. The lowest BCUT2D eigenvalue weighted by Gasteiger charge is -2.11. The number of hydrogen-bond donors (Lipinski definition) is 3. The van der Waals surface area contributed by atoms with Crippen LogP contribution >= 0.6 is 0 Å². The highest BCUT2D eigenvalue weighted by Gasteiger charge is 2.17. The maximum atomic E-state index is 5.30. The van der Waals surface area contributed by atoms with E-state index in [1.807, 2.05) is 30.6 Å². The minimum atomic E-state index is 0.734. The van der Waals surface area contributed by atoms with Gasteiger partial charge < -0.3 is 14.7 Å². The number of nitrogens with one attached hydrogen (secondary N) is 3. The number of nitrogens with zero attached hydrogens (tertiary/aromatic N) is 3. The molecule has 0 bridgehead atoms. The van der Waals surface area contributed by atoms with Gasteiger partial charge in [0.1, 0.15) is 5.69 Å². The summed E-state index contributed by atoms with van der Waals surface area (Å²) in [5, 5.41) is 12.4. The summed E-state index contributed by atoms with van der Waals surface area (Å²) in [7, 11) is 0. The quantitative estimate of drug-likeness (QED) is 0.232. The molecule has 1 aliphatic carbocycles. The van der Waals surface area contributed by atoms with Crippen LogP contribution in [0.25, 0.3) is 55.7 Å². The van der Waals surface area contributed by atoms with Gasteiger partial charge in [0.2, 0.25) is 0 Å². The Hall–Kier alpha value is -4.23. The molecule has 0 radical (unpaired) electrons. The standard InChI is InChI=1S/C30H28N6O/c1-2-5-19(4-1)14-31-15-20-12-23(17-32-16-20)21-8-9-26-25(13-21)29(36-35-26)30-33-27-7-3-6-24(28(27)34-30)22-10-11-37-18-22/h3,6-13,16-19,31H,1-2,4-5,14-15H2,(H,33,34)(H,35,36). The highest BCUT2D eigenvalue weighted by Crippen LogP contribution is 2.33. The van der Waals surface area contributed by atoms with Gasteiger partial charge in [-0.1, -0.05) is 31.0 Å². The summed E-state index contributed by atoms with van der Waals surface area (Å²) in [4.78, 5) is 12.9. The molecule has 0 saturated heterocycles. The summed E-state index contributed by atoms with van der Waals surface area (Å²) in [6.07, 6.45) is 12.8. The molecule has 3 N–H and O–H groups in total. The average molecular weight is 489 g/mol. The number of imidazole rings is 1. The third-order valence-electron chi connectivity index (χ3n) is 7.50. The van der Waals surface area contributed by atoms with E-state index in [-0.39, 0.29) is 0 Å². The number of aromatic amines is 2. The van der Waals surface area contributed by atoms with E-state index >= 15 is 0 Å². The highest BCUT2D eigenvalue weighted by atomic mass is 16.3.